The summed E-state index contributed by atoms with van der Waals surface area (Å²) in [5.74, 6) is -1.31. The van der Waals surface area contributed by atoms with Crippen LogP contribution < -0.4 is 4.74 Å². The molecule has 92 valence electrons. The quantitative estimate of drug-likeness (QED) is 0.788. The van der Waals surface area contributed by atoms with E-state index < -0.39 is 11.6 Å². The van der Waals surface area contributed by atoms with E-state index in [2.05, 4.69) is 15.9 Å². The van der Waals surface area contributed by atoms with Gasteiger partial charge in [0.15, 0.2) is 17.9 Å². The highest BCUT2D eigenvalue weighted by molar-refractivity contribution is 9.10. The van der Waals surface area contributed by atoms with Crippen LogP contribution in [0.25, 0.3) is 0 Å². The Morgan fingerprint density at radius 1 is 1.00 bits per heavy atom. The molecule has 2 rings (SSSR count). The second-order valence-corrected chi connectivity index (χ2v) is 4.33. The number of benzene rings is 2. The molecule has 2 aromatic carbocycles. The lowest BCUT2D eigenvalue weighted by molar-refractivity contribution is 0.112. The number of halogens is 3. The van der Waals surface area contributed by atoms with Gasteiger partial charge in [-0.05, 0) is 46.3 Å². The first-order chi connectivity index (χ1) is 8.60. The summed E-state index contributed by atoms with van der Waals surface area (Å²) in [5, 5.41) is 0. The Balaban J connectivity index is 2.25. The molecule has 5 heteroatoms. The zero-order valence-corrected chi connectivity index (χ0v) is 10.6. The number of hydrogen-bond donors (Lipinski definition) is 0. The van der Waals surface area contributed by atoms with Gasteiger partial charge in [-0.15, -0.1) is 0 Å². The number of carbonyl (C=O) groups excluding carboxylic acids is 1. The zero-order chi connectivity index (χ0) is 13.1. The molecule has 2 nitrogen and oxygen atoms in total. The van der Waals surface area contributed by atoms with E-state index >= 15 is 0 Å². The van der Waals surface area contributed by atoms with Crippen molar-refractivity contribution in [2.75, 3.05) is 0 Å². The molecular formula is C13H7BrF2O2. The molecule has 0 atom stereocenters. The molecular weight excluding hydrogens is 306 g/mol. The van der Waals surface area contributed by atoms with Crippen molar-refractivity contribution in [1.29, 1.82) is 0 Å². The van der Waals surface area contributed by atoms with Crippen molar-refractivity contribution in [1.82, 2.24) is 0 Å². The van der Waals surface area contributed by atoms with Gasteiger partial charge in [-0.2, -0.15) is 0 Å². The Morgan fingerprint density at radius 3 is 2.28 bits per heavy atom. The van der Waals surface area contributed by atoms with Gasteiger partial charge < -0.3 is 4.74 Å². The number of carbonyl (C=O) groups is 1. The van der Waals surface area contributed by atoms with Gasteiger partial charge in [0, 0.05) is 16.1 Å². The summed E-state index contributed by atoms with van der Waals surface area (Å²) in [4.78, 5) is 10.6. The van der Waals surface area contributed by atoms with Gasteiger partial charge in [0.25, 0.3) is 0 Å². The first-order valence-corrected chi connectivity index (χ1v) is 5.77. The van der Waals surface area contributed by atoms with Gasteiger partial charge in [0.2, 0.25) is 0 Å². The van der Waals surface area contributed by atoms with E-state index in [0.717, 1.165) is 12.1 Å². The Morgan fingerprint density at radius 2 is 1.67 bits per heavy atom. The van der Waals surface area contributed by atoms with Gasteiger partial charge in [-0.25, -0.2) is 8.78 Å². The van der Waals surface area contributed by atoms with Crippen LogP contribution in [0, 0.1) is 11.6 Å². The zero-order valence-electron chi connectivity index (χ0n) is 8.99. The minimum absolute atomic E-state index is 0.180. The minimum Gasteiger partial charge on any atom is -0.457 e. The van der Waals surface area contributed by atoms with E-state index in [4.69, 9.17) is 4.74 Å². The number of rotatable bonds is 3. The van der Waals surface area contributed by atoms with Crippen LogP contribution in [0.2, 0.25) is 0 Å². The molecule has 0 bridgehead atoms. The van der Waals surface area contributed by atoms with E-state index in [-0.39, 0.29) is 5.75 Å². The molecule has 0 aliphatic carbocycles. The lowest BCUT2D eigenvalue weighted by atomic mass is 10.2. The van der Waals surface area contributed by atoms with Crippen LogP contribution in [-0.2, 0) is 0 Å². The Hall–Kier alpha value is -1.75. The fourth-order valence-electron chi connectivity index (χ4n) is 1.34. The summed E-state index contributed by atoms with van der Waals surface area (Å²) >= 11 is 3.20. The fourth-order valence-corrected chi connectivity index (χ4v) is 1.79. The molecule has 18 heavy (non-hydrogen) atoms. The van der Waals surface area contributed by atoms with Crippen molar-refractivity contribution >= 4 is 22.2 Å². The smallest absolute Gasteiger partial charge is 0.162 e. The maximum Gasteiger partial charge on any atom is 0.162 e. The highest BCUT2D eigenvalue weighted by Gasteiger charge is 2.06. The van der Waals surface area contributed by atoms with Crippen molar-refractivity contribution in [3.05, 3.63) is 58.1 Å². The minimum atomic E-state index is -0.976. The van der Waals surface area contributed by atoms with Crippen molar-refractivity contribution in [3.8, 4) is 11.5 Å². The van der Waals surface area contributed by atoms with Crippen LogP contribution in [0.4, 0.5) is 8.78 Å². The molecule has 0 N–H and O–H groups in total. The third kappa shape index (κ3) is 2.73. The maximum absolute atomic E-state index is 13.0. The van der Waals surface area contributed by atoms with E-state index in [9.17, 15) is 13.6 Å². The molecule has 2 aromatic rings. The van der Waals surface area contributed by atoms with Crippen LogP contribution in [0.15, 0.2) is 40.9 Å². The Kier molecular flexibility index (Phi) is 3.72. The lowest BCUT2D eigenvalue weighted by Crippen LogP contribution is -1.89. The summed E-state index contributed by atoms with van der Waals surface area (Å²) < 4.78 is 31.6. The Bertz CT molecular complexity index is 600. The van der Waals surface area contributed by atoms with Crippen LogP contribution in [-0.4, -0.2) is 6.29 Å². The van der Waals surface area contributed by atoms with Crippen molar-refractivity contribution in [3.63, 3.8) is 0 Å². The third-order valence-electron chi connectivity index (χ3n) is 2.23. The summed E-state index contributed by atoms with van der Waals surface area (Å²) in [5.41, 5.74) is 0.479. The largest absolute Gasteiger partial charge is 0.457 e. The van der Waals surface area contributed by atoms with Crippen molar-refractivity contribution in [2.24, 2.45) is 0 Å². The monoisotopic (exact) mass is 312 g/mol. The van der Waals surface area contributed by atoms with Gasteiger partial charge >= 0.3 is 0 Å². The van der Waals surface area contributed by atoms with Crippen molar-refractivity contribution < 1.29 is 18.3 Å². The molecule has 0 saturated carbocycles. The van der Waals surface area contributed by atoms with Crippen LogP contribution in [0.1, 0.15) is 10.4 Å². The van der Waals surface area contributed by atoms with Gasteiger partial charge in [-0.3, -0.25) is 4.79 Å². The Labute approximate surface area is 110 Å². The predicted octanol–water partition coefficient (Wildman–Crippen LogP) is 4.33. The van der Waals surface area contributed by atoms with E-state index in [1.54, 1.807) is 18.2 Å². The number of aldehydes is 1. The van der Waals surface area contributed by atoms with Gasteiger partial charge in [-0.1, -0.05) is 0 Å². The number of hydrogen-bond acceptors (Lipinski definition) is 2. The number of ether oxygens (including phenoxy) is 1. The van der Waals surface area contributed by atoms with Gasteiger partial charge in [0.1, 0.15) is 11.5 Å². The van der Waals surface area contributed by atoms with E-state index in [0.29, 0.717) is 22.1 Å². The molecule has 0 radical (unpaired) electrons. The molecule has 0 saturated heterocycles. The first kappa shape index (κ1) is 12.7. The molecule has 0 heterocycles. The molecule has 0 aliphatic rings. The topological polar surface area (TPSA) is 26.3 Å². The fraction of sp³-hybridized carbons (Fsp3) is 0. The van der Waals surface area contributed by atoms with Gasteiger partial charge in [0.05, 0.1) is 0 Å². The summed E-state index contributed by atoms with van der Waals surface area (Å²) in [6.45, 7) is 0. The second-order valence-electron chi connectivity index (χ2n) is 3.48. The third-order valence-corrected chi connectivity index (χ3v) is 2.91. The standard InChI is InChI=1S/C13H7BrF2O2/c14-11-5-9(2-1-8(11)7-17)18-10-3-4-12(15)13(16)6-10/h1-7H. The maximum atomic E-state index is 13.0. The highest BCUT2D eigenvalue weighted by Crippen LogP contribution is 2.27. The van der Waals surface area contributed by atoms with Crippen LogP contribution in [0.5, 0.6) is 11.5 Å². The van der Waals surface area contributed by atoms with Crippen molar-refractivity contribution in [2.45, 2.75) is 0 Å². The average Bonchev–Trinajstić information content (AvgIpc) is 2.34. The molecule has 0 spiro atoms. The SMILES string of the molecule is O=Cc1ccc(Oc2ccc(F)c(F)c2)cc1Br. The lowest BCUT2D eigenvalue weighted by Gasteiger charge is -2.07. The molecule has 0 aromatic heterocycles. The molecule has 0 unspecified atom stereocenters. The molecule has 0 aliphatic heterocycles. The summed E-state index contributed by atoms with van der Waals surface area (Å²) in [6, 6.07) is 7.96. The molecule has 0 amide bonds. The second kappa shape index (κ2) is 5.27. The first-order valence-electron chi connectivity index (χ1n) is 4.98. The highest BCUT2D eigenvalue weighted by atomic mass is 79.9. The predicted molar refractivity (Wildman–Crippen MR) is 66.0 cm³/mol. The summed E-state index contributed by atoms with van der Waals surface area (Å²) in [7, 11) is 0. The van der Waals surface area contributed by atoms with Crippen LogP contribution in [0.3, 0.4) is 0 Å². The summed E-state index contributed by atoms with van der Waals surface area (Å²) in [6.07, 6.45) is 0.700. The average molecular weight is 313 g/mol. The van der Waals surface area contributed by atoms with E-state index in [1.165, 1.54) is 6.07 Å². The molecule has 0 fully saturated rings. The van der Waals surface area contributed by atoms with Crippen LogP contribution >= 0.6 is 15.9 Å². The normalized spacial score (nSPS) is 10.2. The van der Waals surface area contributed by atoms with E-state index in [1.807, 2.05) is 0 Å².